The summed E-state index contributed by atoms with van der Waals surface area (Å²) in [6.07, 6.45) is 5.35. The molecule has 0 radical (unpaired) electrons. The summed E-state index contributed by atoms with van der Waals surface area (Å²) in [5.41, 5.74) is 9.21. The third-order valence-corrected chi connectivity index (χ3v) is 5.73. The number of nitrogens with zero attached hydrogens (tertiary/aromatic N) is 1. The molecule has 0 aliphatic carbocycles. The number of allylic oxidation sites excluding steroid dienone is 1. The third-order valence-electron chi connectivity index (χ3n) is 5.73. The molecule has 2 aromatic carbocycles. The molecule has 0 bridgehead atoms. The van der Waals surface area contributed by atoms with Crippen LogP contribution in [0.25, 0.3) is 28.5 Å². The average Bonchev–Trinajstić information content (AvgIpc) is 2.75. The number of benzene rings is 2. The second-order valence-corrected chi connectivity index (χ2v) is 8.55. The molecule has 2 unspecified atom stereocenters. The van der Waals surface area contributed by atoms with Crippen molar-refractivity contribution >= 4 is 6.08 Å². The summed E-state index contributed by atoms with van der Waals surface area (Å²) in [6.45, 7) is 10.7. The lowest BCUT2D eigenvalue weighted by molar-refractivity contribution is 0.0309. The van der Waals surface area contributed by atoms with Crippen molar-refractivity contribution in [1.82, 2.24) is 4.98 Å². The Labute approximate surface area is 192 Å². The second-order valence-electron chi connectivity index (χ2n) is 8.55. The minimum Gasteiger partial charge on any atom is -0.393 e. The van der Waals surface area contributed by atoms with Crippen LogP contribution >= 0.6 is 0 Å². The van der Waals surface area contributed by atoms with E-state index in [1.165, 1.54) is 27.8 Å². The van der Waals surface area contributed by atoms with Crippen LogP contribution in [0.15, 0.2) is 60.7 Å². The number of hydrogen-bond acceptors (Lipinski definition) is 3. The standard InChI is InChI=1S/C29H35NO2/c1-6-11-26-23(5)30-28(19-27(26)24-13-8-7-9-14-24)29-20(2)12-10-15-25(29)16-17-32-22(4)18-21(3)31/h6-15,19,21-22,31H,16-18H2,1-5H3/b11-6-. The van der Waals surface area contributed by atoms with Gasteiger partial charge in [-0.25, -0.2) is 0 Å². The summed E-state index contributed by atoms with van der Waals surface area (Å²) < 4.78 is 5.97. The fraction of sp³-hybridized carbons (Fsp3) is 0.345. The molecule has 3 heteroatoms. The molecule has 2 atom stereocenters. The molecule has 0 saturated heterocycles. The third kappa shape index (κ3) is 5.93. The van der Waals surface area contributed by atoms with E-state index in [2.05, 4.69) is 74.5 Å². The first-order chi connectivity index (χ1) is 15.4. The van der Waals surface area contributed by atoms with Gasteiger partial charge in [0.25, 0.3) is 0 Å². The van der Waals surface area contributed by atoms with Gasteiger partial charge in [0.05, 0.1) is 24.5 Å². The van der Waals surface area contributed by atoms with Crippen LogP contribution in [0.5, 0.6) is 0 Å². The highest BCUT2D eigenvalue weighted by molar-refractivity contribution is 5.81. The summed E-state index contributed by atoms with van der Waals surface area (Å²) >= 11 is 0. The zero-order valence-corrected chi connectivity index (χ0v) is 19.9. The lowest BCUT2D eigenvalue weighted by atomic mass is 9.92. The van der Waals surface area contributed by atoms with Gasteiger partial charge in [-0.3, -0.25) is 4.98 Å². The number of rotatable bonds is 9. The first-order valence-electron chi connectivity index (χ1n) is 11.5. The van der Waals surface area contributed by atoms with Crippen molar-refractivity contribution in [1.29, 1.82) is 0 Å². The highest BCUT2D eigenvalue weighted by Gasteiger charge is 2.15. The maximum absolute atomic E-state index is 9.58. The van der Waals surface area contributed by atoms with Gasteiger partial charge in [0.1, 0.15) is 0 Å². The lowest BCUT2D eigenvalue weighted by Crippen LogP contribution is -2.17. The van der Waals surface area contributed by atoms with E-state index in [1.807, 2.05) is 19.9 Å². The summed E-state index contributed by atoms with van der Waals surface area (Å²) in [4.78, 5) is 5.03. The number of pyridine rings is 1. The molecule has 1 heterocycles. The van der Waals surface area contributed by atoms with E-state index in [4.69, 9.17) is 9.72 Å². The van der Waals surface area contributed by atoms with Crippen molar-refractivity contribution in [2.75, 3.05) is 6.61 Å². The van der Waals surface area contributed by atoms with Crippen LogP contribution < -0.4 is 0 Å². The van der Waals surface area contributed by atoms with Gasteiger partial charge in [0.2, 0.25) is 0 Å². The largest absolute Gasteiger partial charge is 0.393 e. The van der Waals surface area contributed by atoms with E-state index in [1.54, 1.807) is 6.92 Å². The monoisotopic (exact) mass is 429 g/mol. The number of aliphatic hydroxyl groups excluding tert-OH is 1. The van der Waals surface area contributed by atoms with Gasteiger partial charge in [-0.15, -0.1) is 0 Å². The molecular formula is C29H35NO2. The number of aliphatic hydroxyl groups is 1. The Bertz CT molecular complexity index is 1050. The highest BCUT2D eigenvalue weighted by Crippen LogP contribution is 2.34. The van der Waals surface area contributed by atoms with Crippen molar-refractivity contribution in [3.05, 3.63) is 83.1 Å². The van der Waals surface area contributed by atoms with Crippen molar-refractivity contribution in [3.8, 4) is 22.4 Å². The molecule has 168 valence electrons. The fourth-order valence-electron chi connectivity index (χ4n) is 4.27. The van der Waals surface area contributed by atoms with Crippen molar-refractivity contribution < 1.29 is 9.84 Å². The summed E-state index contributed by atoms with van der Waals surface area (Å²) in [7, 11) is 0. The molecule has 0 aliphatic rings. The van der Waals surface area contributed by atoms with Gasteiger partial charge in [-0.05, 0) is 75.8 Å². The summed E-state index contributed by atoms with van der Waals surface area (Å²) in [5, 5.41) is 9.58. The first kappa shape index (κ1) is 23.9. The zero-order valence-electron chi connectivity index (χ0n) is 19.9. The van der Waals surface area contributed by atoms with E-state index in [-0.39, 0.29) is 12.2 Å². The molecule has 32 heavy (non-hydrogen) atoms. The van der Waals surface area contributed by atoms with Crippen LogP contribution in [0.4, 0.5) is 0 Å². The van der Waals surface area contributed by atoms with Crippen LogP contribution in [-0.4, -0.2) is 28.9 Å². The molecule has 3 nitrogen and oxygen atoms in total. The fourth-order valence-corrected chi connectivity index (χ4v) is 4.27. The van der Waals surface area contributed by atoms with Crippen LogP contribution in [0.3, 0.4) is 0 Å². The SMILES string of the molecule is C/C=C\c1c(-c2ccccc2)cc(-c2c(C)cccc2CCOC(C)CC(C)O)nc1C. The number of aromatic nitrogens is 1. The average molecular weight is 430 g/mol. The molecule has 0 spiro atoms. The summed E-state index contributed by atoms with van der Waals surface area (Å²) in [5.74, 6) is 0. The topological polar surface area (TPSA) is 42.4 Å². The molecule has 0 fully saturated rings. The highest BCUT2D eigenvalue weighted by atomic mass is 16.5. The van der Waals surface area contributed by atoms with Crippen molar-refractivity contribution in [3.63, 3.8) is 0 Å². The first-order valence-corrected chi connectivity index (χ1v) is 11.5. The Hall–Kier alpha value is -2.75. The van der Waals surface area contributed by atoms with Gasteiger partial charge in [-0.1, -0.05) is 60.7 Å². The lowest BCUT2D eigenvalue weighted by Gasteiger charge is -2.18. The number of ether oxygens (including phenoxy) is 1. The predicted octanol–water partition coefficient (Wildman–Crippen LogP) is 6.78. The molecular weight excluding hydrogens is 394 g/mol. The molecule has 0 amide bonds. The second kappa shape index (κ2) is 11.2. The quantitative estimate of drug-likeness (QED) is 0.407. The molecule has 0 saturated carbocycles. The van der Waals surface area contributed by atoms with Gasteiger partial charge in [0.15, 0.2) is 0 Å². The van der Waals surface area contributed by atoms with Gasteiger partial charge < -0.3 is 9.84 Å². The maximum atomic E-state index is 9.58. The van der Waals surface area contributed by atoms with Crippen molar-refractivity contribution in [2.24, 2.45) is 0 Å². The van der Waals surface area contributed by atoms with E-state index < -0.39 is 0 Å². The molecule has 3 aromatic rings. The minimum atomic E-state index is -0.348. The Morgan fingerprint density at radius 1 is 1.03 bits per heavy atom. The smallest absolute Gasteiger partial charge is 0.0717 e. The molecule has 3 rings (SSSR count). The normalized spacial score (nSPS) is 13.4. The Morgan fingerprint density at radius 2 is 1.78 bits per heavy atom. The zero-order chi connectivity index (χ0) is 23.1. The van der Waals surface area contributed by atoms with Crippen LogP contribution in [-0.2, 0) is 11.2 Å². The molecule has 1 aromatic heterocycles. The van der Waals surface area contributed by atoms with Crippen LogP contribution in [0.1, 0.15) is 49.6 Å². The van der Waals surface area contributed by atoms with E-state index in [9.17, 15) is 5.11 Å². The molecule has 1 N–H and O–H groups in total. The Balaban J connectivity index is 2.00. The minimum absolute atomic E-state index is 0.0356. The predicted molar refractivity (Wildman–Crippen MR) is 135 cm³/mol. The van der Waals surface area contributed by atoms with E-state index >= 15 is 0 Å². The maximum Gasteiger partial charge on any atom is 0.0717 e. The van der Waals surface area contributed by atoms with Gasteiger partial charge >= 0.3 is 0 Å². The van der Waals surface area contributed by atoms with E-state index in [0.717, 1.165) is 23.4 Å². The van der Waals surface area contributed by atoms with Gasteiger partial charge in [0, 0.05) is 16.8 Å². The molecule has 0 aliphatic heterocycles. The summed E-state index contributed by atoms with van der Waals surface area (Å²) in [6, 6.07) is 19.2. The number of hydrogen-bond donors (Lipinski definition) is 1. The van der Waals surface area contributed by atoms with Crippen LogP contribution in [0.2, 0.25) is 0 Å². The Morgan fingerprint density at radius 3 is 2.47 bits per heavy atom. The Kier molecular flexibility index (Phi) is 8.38. The number of aryl methyl sites for hydroxylation is 2. The van der Waals surface area contributed by atoms with E-state index in [0.29, 0.717) is 13.0 Å². The van der Waals surface area contributed by atoms with Crippen molar-refractivity contribution in [2.45, 2.75) is 59.7 Å². The van der Waals surface area contributed by atoms with Gasteiger partial charge in [-0.2, -0.15) is 0 Å². The van der Waals surface area contributed by atoms with Crippen LogP contribution in [0, 0.1) is 13.8 Å².